The van der Waals surface area contributed by atoms with Gasteiger partial charge in [0.15, 0.2) is 5.69 Å². The number of nitrogens with zero attached hydrogens (tertiary/aromatic N) is 3. The first-order chi connectivity index (χ1) is 13.6. The summed E-state index contributed by atoms with van der Waals surface area (Å²) < 4.78 is 7.30. The second-order valence-electron chi connectivity index (χ2n) is 7.21. The maximum absolute atomic E-state index is 12.8. The van der Waals surface area contributed by atoms with E-state index in [1.165, 1.54) is 0 Å². The van der Waals surface area contributed by atoms with Gasteiger partial charge in [-0.15, -0.1) is 0 Å². The van der Waals surface area contributed by atoms with Crippen molar-refractivity contribution in [2.45, 2.75) is 31.9 Å². The van der Waals surface area contributed by atoms with Gasteiger partial charge >= 0.3 is 6.03 Å². The van der Waals surface area contributed by atoms with Gasteiger partial charge < -0.3 is 20.3 Å². The van der Waals surface area contributed by atoms with Crippen LogP contribution < -0.4 is 10.6 Å². The number of rotatable bonds is 4. The average molecular weight is 383 g/mol. The summed E-state index contributed by atoms with van der Waals surface area (Å²) in [5.41, 5.74) is 2.91. The Bertz CT molecular complexity index is 858. The summed E-state index contributed by atoms with van der Waals surface area (Å²) in [6.07, 6.45) is 2.81. The number of para-hydroxylation sites is 1. The van der Waals surface area contributed by atoms with Gasteiger partial charge in [0.25, 0.3) is 5.91 Å². The molecule has 2 aromatic rings. The molecule has 0 unspecified atom stereocenters. The summed E-state index contributed by atoms with van der Waals surface area (Å²) in [5.74, 6) is -0.260. The number of aromatic nitrogens is 2. The van der Waals surface area contributed by atoms with Crippen molar-refractivity contribution in [3.05, 3.63) is 47.3 Å². The summed E-state index contributed by atoms with van der Waals surface area (Å²) in [6, 6.07) is 9.16. The number of ether oxygens (including phenoxy) is 1. The number of benzene rings is 1. The van der Waals surface area contributed by atoms with Crippen LogP contribution in [0.2, 0.25) is 0 Å². The van der Waals surface area contributed by atoms with Crippen LogP contribution in [-0.4, -0.2) is 52.4 Å². The molecule has 3 amide bonds. The van der Waals surface area contributed by atoms with Gasteiger partial charge in [-0.1, -0.05) is 18.2 Å². The van der Waals surface area contributed by atoms with Gasteiger partial charge in [0.1, 0.15) is 0 Å². The Hall–Kier alpha value is -2.87. The quantitative estimate of drug-likeness (QED) is 0.844. The van der Waals surface area contributed by atoms with Gasteiger partial charge in [-0.3, -0.25) is 9.48 Å². The minimum absolute atomic E-state index is 0.106. The largest absolute Gasteiger partial charge is 0.376 e. The fourth-order valence-corrected chi connectivity index (χ4v) is 3.78. The number of nitrogens with one attached hydrogen (secondary N) is 2. The van der Waals surface area contributed by atoms with Crippen LogP contribution in [-0.2, 0) is 24.8 Å². The van der Waals surface area contributed by atoms with Crippen molar-refractivity contribution in [2.24, 2.45) is 7.05 Å². The normalized spacial score (nSPS) is 18.6. The van der Waals surface area contributed by atoms with Crippen LogP contribution >= 0.6 is 0 Å². The van der Waals surface area contributed by atoms with Crippen LogP contribution in [0.15, 0.2) is 30.3 Å². The zero-order valence-corrected chi connectivity index (χ0v) is 16.0. The molecule has 1 aromatic carbocycles. The van der Waals surface area contributed by atoms with E-state index in [0.717, 1.165) is 30.7 Å². The van der Waals surface area contributed by atoms with E-state index in [4.69, 9.17) is 4.74 Å². The summed E-state index contributed by atoms with van der Waals surface area (Å²) >= 11 is 0. The van der Waals surface area contributed by atoms with E-state index in [-0.39, 0.29) is 18.0 Å². The molecule has 1 fully saturated rings. The lowest BCUT2D eigenvalue weighted by molar-refractivity contribution is 0.101. The molecule has 0 radical (unpaired) electrons. The first-order valence-electron chi connectivity index (χ1n) is 9.67. The molecule has 8 nitrogen and oxygen atoms in total. The number of aryl methyl sites for hydroxylation is 1. The van der Waals surface area contributed by atoms with Gasteiger partial charge in [0.05, 0.1) is 12.6 Å². The molecule has 8 heteroatoms. The monoisotopic (exact) mass is 383 g/mol. The van der Waals surface area contributed by atoms with E-state index in [1.807, 2.05) is 37.4 Å². The van der Waals surface area contributed by atoms with E-state index >= 15 is 0 Å². The number of carbonyl (C=O) groups is 2. The second kappa shape index (κ2) is 8.02. The van der Waals surface area contributed by atoms with Gasteiger partial charge in [0, 0.05) is 50.1 Å². The molecule has 2 aliphatic heterocycles. The molecule has 4 rings (SSSR count). The Kier molecular flexibility index (Phi) is 5.29. The predicted molar refractivity (Wildman–Crippen MR) is 104 cm³/mol. The van der Waals surface area contributed by atoms with Crippen molar-refractivity contribution in [3.63, 3.8) is 0 Å². The first kappa shape index (κ1) is 18.5. The number of anilines is 1. The van der Waals surface area contributed by atoms with Gasteiger partial charge in [-0.2, -0.15) is 5.10 Å². The highest BCUT2D eigenvalue weighted by atomic mass is 16.5. The fraction of sp³-hybridized carbons (Fsp3) is 0.450. The molecule has 1 saturated heterocycles. The molecule has 0 aliphatic carbocycles. The molecule has 2 N–H and O–H groups in total. The second-order valence-corrected chi connectivity index (χ2v) is 7.21. The SMILES string of the molecule is Cn1nc(C(=O)Nc2ccccc2)c2c1CCN(C(=O)NC[C@H]1CCCO1)C2. The molecule has 2 aliphatic rings. The predicted octanol–water partition coefficient (Wildman–Crippen LogP) is 1.92. The number of amides is 3. The minimum atomic E-state index is -0.260. The van der Waals surface area contributed by atoms with Crippen molar-refractivity contribution < 1.29 is 14.3 Å². The van der Waals surface area contributed by atoms with Crippen molar-refractivity contribution in [3.8, 4) is 0 Å². The van der Waals surface area contributed by atoms with Crippen LogP contribution in [0.4, 0.5) is 10.5 Å². The molecule has 148 valence electrons. The van der Waals surface area contributed by atoms with E-state index in [9.17, 15) is 9.59 Å². The van der Waals surface area contributed by atoms with E-state index < -0.39 is 0 Å². The number of carbonyl (C=O) groups excluding carboxylic acids is 2. The Labute approximate surface area is 163 Å². The van der Waals surface area contributed by atoms with Crippen molar-refractivity contribution in [1.29, 1.82) is 0 Å². The summed E-state index contributed by atoms with van der Waals surface area (Å²) in [5, 5.41) is 10.2. The van der Waals surface area contributed by atoms with E-state index in [0.29, 0.717) is 37.4 Å². The molecule has 0 saturated carbocycles. The third-order valence-corrected chi connectivity index (χ3v) is 5.28. The van der Waals surface area contributed by atoms with Gasteiger partial charge in [0.2, 0.25) is 0 Å². The van der Waals surface area contributed by atoms with Crippen LogP contribution in [0.5, 0.6) is 0 Å². The Morgan fingerprint density at radius 3 is 2.86 bits per heavy atom. The molecule has 1 aromatic heterocycles. The zero-order chi connectivity index (χ0) is 19.5. The standard InChI is InChI=1S/C20H25N5O3/c1-24-17-9-10-25(20(27)21-12-15-8-5-11-28-15)13-16(17)18(23-24)19(26)22-14-6-3-2-4-7-14/h2-4,6-7,15H,5,8-13H2,1H3,(H,21,27)(H,22,26)/t15-/m1/s1. The maximum Gasteiger partial charge on any atom is 0.317 e. The van der Waals surface area contributed by atoms with Crippen LogP contribution in [0.3, 0.4) is 0 Å². The molecular formula is C20H25N5O3. The highest BCUT2D eigenvalue weighted by Crippen LogP contribution is 2.23. The number of hydrogen-bond acceptors (Lipinski definition) is 4. The molecule has 3 heterocycles. The molecule has 0 spiro atoms. The Morgan fingerprint density at radius 1 is 1.29 bits per heavy atom. The Balaban J connectivity index is 1.45. The molecule has 28 heavy (non-hydrogen) atoms. The number of hydrogen-bond donors (Lipinski definition) is 2. The van der Waals surface area contributed by atoms with Crippen LogP contribution in [0.25, 0.3) is 0 Å². The first-order valence-corrected chi connectivity index (χ1v) is 9.67. The minimum Gasteiger partial charge on any atom is -0.376 e. The van der Waals surface area contributed by atoms with Crippen molar-refractivity contribution in [2.75, 3.05) is 25.0 Å². The number of fused-ring (bicyclic) bond motifs is 1. The van der Waals surface area contributed by atoms with Crippen LogP contribution in [0.1, 0.15) is 34.6 Å². The van der Waals surface area contributed by atoms with Gasteiger partial charge in [-0.05, 0) is 25.0 Å². The third-order valence-electron chi connectivity index (χ3n) is 5.28. The smallest absolute Gasteiger partial charge is 0.317 e. The zero-order valence-electron chi connectivity index (χ0n) is 16.0. The average Bonchev–Trinajstić information content (AvgIpc) is 3.35. The lowest BCUT2D eigenvalue weighted by atomic mass is 10.0. The summed E-state index contributed by atoms with van der Waals surface area (Å²) in [7, 11) is 1.84. The summed E-state index contributed by atoms with van der Waals surface area (Å²) in [4.78, 5) is 27.1. The number of urea groups is 1. The highest BCUT2D eigenvalue weighted by molar-refractivity contribution is 6.04. The van der Waals surface area contributed by atoms with Crippen molar-refractivity contribution >= 4 is 17.6 Å². The van der Waals surface area contributed by atoms with Crippen LogP contribution in [0, 0.1) is 0 Å². The molecule has 0 bridgehead atoms. The summed E-state index contributed by atoms with van der Waals surface area (Å²) in [6.45, 7) is 2.27. The van der Waals surface area contributed by atoms with E-state index in [2.05, 4.69) is 15.7 Å². The van der Waals surface area contributed by atoms with Crippen molar-refractivity contribution in [1.82, 2.24) is 20.0 Å². The molecular weight excluding hydrogens is 358 g/mol. The lowest BCUT2D eigenvalue weighted by Crippen LogP contribution is -2.45. The Morgan fingerprint density at radius 2 is 2.11 bits per heavy atom. The highest BCUT2D eigenvalue weighted by Gasteiger charge is 2.29. The molecule has 1 atom stereocenters. The van der Waals surface area contributed by atoms with E-state index in [1.54, 1.807) is 9.58 Å². The van der Waals surface area contributed by atoms with Gasteiger partial charge in [-0.25, -0.2) is 4.79 Å². The third kappa shape index (κ3) is 3.87. The topological polar surface area (TPSA) is 88.5 Å². The fourth-order valence-electron chi connectivity index (χ4n) is 3.78. The maximum atomic E-state index is 12.8. The lowest BCUT2D eigenvalue weighted by Gasteiger charge is -2.28.